The number of thiophene rings is 1. The average Bonchev–Trinajstić information content (AvgIpc) is 3.08. The third-order valence-electron chi connectivity index (χ3n) is 4.63. The number of aryl methyl sites for hydroxylation is 2. The first-order chi connectivity index (χ1) is 14.9. The van der Waals surface area contributed by atoms with Gasteiger partial charge in [0, 0.05) is 25.5 Å². The molecule has 3 heterocycles. The van der Waals surface area contributed by atoms with E-state index >= 15 is 0 Å². The molecule has 3 aromatic rings. The predicted molar refractivity (Wildman–Crippen MR) is 119 cm³/mol. The number of anilines is 1. The molecule has 0 bridgehead atoms. The molecule has 0 saturated heterocycles. The fourth-order valence-corrected chi connectivity index (χ4v) is 4.39. The third kappa shape index (κ3) is 5.35. The number of pyridine rings is 1. The molecule has 0 amide bonds. The van der Waals surface area contributed by atoms with E-state index in [4.69, 9.17) is 14.5 Å². The van der Waals surface area contributed by atoms with Gasteiger partial charge in [0.15, 0.2) is 0 Å². The normalized spacial score (nSPS) is 10.8. The highest BCUT2D eigenvalue weighted by atomic mass is 32.1. The summed E-state index contributed by atoms with van der Waals surface area (Å²) >= 11 is 1.30. The van der Waals surface area contributed by atoms with E-state index in [0.717, 1.165) is 21.3 Å². The van der Waals surface area contributed by atoms with Crippen LogP contribution in [0.25, 0.3) is 10.2 Å². The molecule has 9 heteroatoms. The highest BCUT2D eigenvalue weighted by Gasteiger charge is 2.24. The van der Waals surface area contributed by atoms with Gasteiger partial charge in [0.25, 0.3) is 0 Å². The lowest BCUT2D eigenvalue weighted by Crippen LogP contribution is -2.28. The fourth-order valence-electron chi connectivity index (χ4n) is 3.27. The van der Waals surface area contributed by atoms with Gasteiger partial charge in [-0.25, -0.2) is 14.8 Å². The summed E-state index contributed by atoms with van der Waals surface area (Å²) in [7, 11) is 0. The summed E-state index contributed by atoms with van der Waals surface area (Å²) in [4.78, 5) is 41.2. The van der Waals surface area contributed by atoms with Crippen LogP contribution in [0.15, 0.2) is 24.5 Å². The lowest BCUT2D eigenvalue weighted by atomic mass is 10.1. The number of hydrogen-bond acceptors (Lipinski definition) is 9. The molecule has 0 aromatic carbocycles. The van der Waals surface area contributed by atoms with Crippen molar-refractivity contribution in [3.8, 4) is 0 Å². The zero-order chi connectivity index (χ0) is 22.4. The largest absolute Gasteiger partial charge is 0.466 e. The highest BCUT2D eigenvalue weighted by Crippen LogP contribution is 2.36. The van der Waals surface area contributed by atoms with Gasteiger partial charge in [-0.05, 0) is 44.9 Å². The van der Waals surface area contributed by atoms with Crippen molar-refractivity contribution >= 4 is 39.3 Å². The molecule has 3 rings (SSSR count). The minimum absolute atomic E-state index is 0.215. The summed E-state index contributed by atoms with van der Waals surface area (Å²) in [6.07, 6.45) is 3.72. The van der Waals surface area contributed by atoms with Gasteiger partial charge in [0.2, 0.25) is 0 Å². The standard InChI is InChI=1S/C22H26N4O4S/c1-5-29-17(27)9-11-26(13-16-8-7-10-23-12-16)20-18-14(3)19(22(28)30-6-2)31-21(18)25-15(4)24-20/h7-8,10,12H,5-6,9,11,13H2,1-4H3. The molecule has 0 unspecified atom stereocenters. The minimum Gasteiger partial charge on any atom is -0.466 e. The molecular weight excluding hydrogens is 416 g/mol. The van der Waals surface area contributed by atoms with Gasteiger partial charge in [-0.1, -0.05) is 6.07 Å². The van der Waals surface area contributed by atoms with Crippen molar-refractivity contribution in [1.82, 2.24) is 15.0 Å². The molecule has 31 heavy (non-hydrogen) atoms. The van der Waals surface area contributed by atoms with Gasteiger partial charge in [0.1, 0.15) is 21.3 Å². The Balaban J connectivity index is 2.06. The number of nitrogens with zero attached hydrogens (tertiary/aromatic N) is 4. The van der Waals surface area contributed by atoms with Crippen LogP contribution >= 0.6 is 11.3 Å². The Hall–Kier alpha value is -3.07. The van der Waals surface area contributed by atoms with Crippen molar-refractivity contribution < 1.29 is 19.1 Å². The van der Waals surface area contributed by atoms with E-state index in [1.54, 1.807) is 26.2 Å². The van der Waals surface area contributed by atoms with Crippen molar-refractivity contribution in [3.63, 3.8) is 0 Å². The summed E-state index contributed by atoms with van der Waals surface area (Å²) in [5.74, 6) is 0.637. The predicted octanol–water partition coefficient (Wildman–Crippen LogP) is 3.84. The molecule has 0 fully saturated rings. The first-order valence-corrected chi connectivity index (χ1v) is 11.0. The lowest BCUT2D eigenvalue weighted by molar-refractivity contribution is -0.142. The van der Waals surface area contributed by atoms with Crippen molar-refractivity contribution in [1.29, 1.82) is 0 Å². The molecule has 0 N–H and O–H groups in total. The molecule has 0 aliphatic carbocycles. The van der Waals surface area contributed by atoms with Crippen molar-refractivity contribution in [2.45, 2.75) is 40.7 Å². The molecule has 3 aromatic heterocycles. The zero-order valence-electron chi connectivity index (χ0n) is 18.2. The van der Waals surface area contributed by atoms with Crippen LogP contribution in [-0.2, 0) is 20.8 Å². The number of rotatable bonds is 9. The van der Waals surface area contributed by atoms with E-state index in [9.17, 15) is 9.59 Å². The molecule has 0 saturated carbocycles. The molecule has 0 atom stereocenters. The number of hydrogen-bond donors (Lipinski definition) is 0. The monoisotopic (exact) mass is 442 g/mol. The maximum absolute atomic E-state index is 12.4. The van der Waals surface area contributed by atoms with Crippen LogP contribution in [0.3, 0.4) is 0 Å². The van der Waals surface area contributed by atoms with E-state index in [1.807, 2.05) is 30.9 Å². The van der Waals surface area contributed by atoms with Crippen molar-refractivity contribution in [2.75, 3.05) is 24.7 Å². The molecule has 8 nitrogen and oxygen atoms in total. The van der Waals surface area contributed by atoms with E-state index in [-0.39, 0.29) is 18.4 Å². The zero-order valence-corrected chi connectivity index (χ0v) is 19.0. The molecule has 164 valence electrons. The number of carbonyl (C=O) groups excluding carboxylic acids is 2. The topological polar surface area (TPSA) is 94.5 Å². The Bertz CT molecular complexity index is 1070. The maximum Gasteiger partial charge on any atom is 0.348 e. The Kier molecular flexibility index (Phi) is 7.51. The second-order valence-electron chi connectivity index (χ2n) is 6.89. The second kappa shape index (κ2) is 10.3. The van der Waals surface area contributed by atoms with Gasteiger partial charge in [0.05, 0.1) is 25.0 Å². The van der Waals surface area contributed by atoms with Crippen LogP contribution in [0.2, 0.25) is 0 Å². The van der Waals surface area contributed by atoms with Gasteiger partial charge in [-0.15, -0.1) is 11.3 Å². The van der Waals surface area contributed by atoms with E-state index < -0.39 is 0 Å². The van der Waals surface area contributed by atoms with Gasteiger partial charge >= 0.3 is 11.9 Å². The number of esters is 2. The van der Waals surface area contributed by atoms with Crippen LogP contribution < -0.4 is 4.90 Å². The van der Waals surface area contributed by atoms with Gasteiger partial charge in [-0.2, -0.15) is 0 Å². The molecule has 0 aliphatic heterocycles. The third-order valence-corrected chi connectivity index (χ3v) is 5.80. The fraction of sp³-hybridized carbons (Fsp3) is 0.409. The quantitative estimate of drug-likeness (QED) is 0.461. The highest BCUT2D eigenvalue weighted by molar-refractivity contribution is 7.20. The van der Waals surface area contributed by atoms with Crippen LogP contribution in [0.1, 0.15) is 46.9 Å². The average molecular weight is 443 g/mol. The van der Waals surface area contributed by atoms with Gasteiger partial charge < -0.3 is 14.4 Å². The Morgan fingerprint density at radius 3 is 2.58 bits per heavy atom. The Morgan fingerprint density at radius 2 is 1.90 bits per heavy atom. The second-order valence-corrected chi connectivity index (χ2v) is 7.89. The maximum atomic E-state index is 12.4. The molecular formula is C22H26N4O4S. The SMILES string of the molecule is CCOC(=O)CCN(Cc1cccnc1)c1nc(C)nc2sc(C(=O)OCC)c(C)c12. The van der Waals surface area contributed by atoms with Crippen molar-refractivity contribution in [3.05, 3.63) is 46.4 Å². The number of ether oxygens (including phenoxy) is 2. The van der Waals surface area contributed by atoms with Crippen LogP contribution in [-0.4, -0.2) is 46.6 Å². The number of carbonyl (C=O) groups is 2. The molecule has 0 radical (unpaired) electrons. The van der Waals surface area contributed by atoms with Gasteiger partial charge in [-0.3, -0.25) is 9.78 Å². The lowest BCUT2D eigenvalue weighted by Gasteiger charge is -2.24. The summed E-state index contributed by atoms with van der Waals surface area (Å²) in [5.41, 5.74) is 1.76. The Morgan fingerprint density at radius 1 is 1.13 bits per heavy atom. The first-order valence-electron chi connectivity index (χ1n) is 10.2. The molecule has 0 aliphatic rings. The van der Waals surface area contributed by atoms with Crippen molar-refractivity contribution in [2.24, 2.45) is 0 Å². The smallest absolute Gasteiger partial charge is 0.348 e. The van der Waals surface area contributed by atoms with E-state index in [1.165, 1.54) is 11.3 Å². The Labute approximate surface area is 185 Å². The summed E-state index contributed by atoms with van der Waals surface area (Å²) in [5, 5.41) is 0.798. The summed E-state index contributed by atoms with van der Waals surface area (Å²) < 4.78 is 10.3. The minimum atomic E-state index is -0.364. The number of aromatic nitrogens is 3. The van der Waals surface area contributed by atoms with E-state index in [2.05, 4.69) is 9.97 Å². The van der Waals surface area contributed by atoms with E-state index in [0.29, 0.717) is 42.8 Å². The first kappa shape index (κ1) is 22.6. The number of fused-ring (bicyclic) bond motifs is 1. The summed E-state index contributed by atoms with van der Waals surface area (Å²) in [6, 6.07) is 3.84. The van der Waals surface area contributed by atoms with Crippen LogP contribution in [0, 0.1) is 13.8 Å². The van der Waals surface area contributed by atoms with Crippen LogP contribution in [0.5, 0.6) is 0 Å². The van der Waals surface area contributed by atoms with Crippen LogP contribution in [0.4, 0.5) is 5.82 Å². The summed E-state index contributed by atoms with van der Waals surface area (Å²) in [6.45, 7) is 8.81. The molecule has 0 spiro atoms.